The molecule has 4 rings (SSSR count). The Kier molecular flexibility index (Phi) is 6.78. The molecule has 2 amide bonds. The Hall–Kier alpha value is -4.00. The van der Waals surface area contributed by atoms with Gasteiger partial charge in [-0.15, -0.1) is 0 Å². The third-order valence-corrected chi connectivity index (χ3v) is 5.14. The molecule has 0 aliphatic carbocycles. The Morgan fingerprint density at radius 3 is 2.58 bits per heavy atom. The summed E-state index contributed by atoms with van der Waals surface area (Å²) in [5.41, 5.74) is 2.31. The maximum absolute atomic E-state index is 12.7. The van der Waals surface area contributed by atoms with E-state index in [1.54, 1.807) is 42.2 Å². The molecule has 3 aromatic rings. The number of fused-ring (bicyclic) bond motifs is 1. The highest BCUT2D eigenvalue weighted by molar-refractivity contribution is 6.00. The number of hydrogen-bond acceptors (Lipinski definition) is 5. The van der Waals surface area contributed by atoms with Gasteiger partial charge in [-0.25, -0.2) is 0 Å². The van der Waals surface area contributed by atoms with Crippen molar-refractivity contribution in [2.45, 2.75) is 20.0 Å². The molecule has 0 fully saturated rings. The van der Waals surface area contributed by atoms with Crippen molar-refractivity contribution in [1.82, 2.24) is 0 Å². The Morgan fingerprint density at radius 1 is 1.00 bits per heavy atom. The molecule has 33 heavy (non-hydrogen) atoms. The van der Waals surface area contributed by atoms with E-state index in [-0.39, 0.29) is 18.4 Å². The molecule has 1 aliphatic rings. The monoisotopic (exact) mass is 446 g/mol. The van der Waals surface area contributed by atoms with Crippen molar-refractivity contribution >= 4 is 23.2 Å². The number of anilines is 2. The summed E-state index contributed by atoms with van der Waals surface area (Å²) in [6.45, 7) is 4.32. The van der Waals surface area contributed by atoms with Gasteiger partial charge < -0.3 is 24.4 Å². The number of nitrogens with one attached hydrogen (secondary N) is 1. The van der Waals surface area contributed by atoms with Crippen LogP contribution in [0.15, 0.2) is 72.8 Å². The highest BCUT2D eigenvalue weighted by Gasteiger charge is 2.31. The SMILES string of the molecule is Cc1cccc(OCCN2C(=O)C(C)Oc3cc(NC(=O)COc4ccccc4)ccc32)c1. The smallest absolute Gasteiger partial charge is 0.267 e. The number of aryl methyl sites for hydroxylation is 1. The molecular weight excluding hydrogens is 420 g/mol. The number of benzene rings is 3. The lowest BCUT2D eigenvalue weighted by Crippen LogP contribution is -2.46. The molecule has 0 saturated carbocycles. The third kappa shape index (κ3) is 5.63. The van der Waals surface area contributed by atoms with E-state index in [1.807, 2.05) is 49.4 Å². The minimum atomic E-state index is -0.635. The standard InChI is InChI=1S/C26H26N2O5/c1-18-7-6-10-22(15-18)31-14-13-28-23-12-11-20(16-24(23)33-19(2)26(28)30)27-25(29)17-32-21-8-4-3-5-9-21/h3-12,15-16,19H,13-14,17H2,1-2H3,(H,27,29). The Balaban J connectivity index is 1.39. The fourth-order valence-electron chi connectivity index (χ4n) is 3.54. The zero-order chi connectivity index (χ0) is 23.2. The normalized spacial score (nSPS) is 14.8. The number of rotatable bonds is 8. The first-order valence-electron chi connectivity index (χ1n) is 10.8. The first kappa shape index (κ1) is 22.2. The van der Waals surface area contributed by atoms with Crippen LogP contribution in [0.4, 0.5) is 11.4 Å². The molecule has 7 nitrogen and oxygen atoms in total. The van der Waals surface area contributed by atoms with E-state index in [4.69, 9.17) is 14.2 Å². The van der Waals surface area contributed by atoms with Gasteiger partial charge in [0.25, 0.3) is 11.8 Å². The first-order valence-corrected chi connectivity index (χ1v) is 10.8. The molecule has 1 aliphatic heterocycles. The van der Waals surface area contributed by atoms with Crippen LogP contribution in [0, 0.1) is 6.92 Å². The van der Waals surface area contributed by atoms with Crippen LogP contribution in [-0.2, 0) is 9.59 Å². The molecule has 3 aromatic carbocycles. The van der Waals surface area contributed by atoms with Crippen LogP contribution in [0.2, 0.25) is 0 Å². The first-order chi connectivity index (χ1) is 16.0. The fraction of sp³-hybridized carbons (Fsp3) is 0.231. The topological polar surface area (TPSA) is 77.1 Å². The summed E-state index contributed by atoms with van der Waals surface area (Å²) < 4.78 is 17.1. The lowest BCUT2D eigenvalue weighted by Gasteiger charge is -2.33. The highest BCUT2D eigenvalue weighted by atomic mass is 16.5. The molecule has 0 aromatic heterocycles. The van der Waals surface area contributed by atoms with E-state index in [0.717, 1.165) is 11.3 Å². The van der Waals surface area contributed by atoms with Crippen molar-refractivity contribution in [2.24, 2.45) is 0 Å². The minimum Gasteiger partial charge on any atom is -0.492 e. The van der Waals surface area contributed by atoms with Crippen LogP contribution >= 0.6 is 0 Å². The van der Waals surface area contributed by atoms with Crippen LogP contribution in [0.3, 0.4) is 0 Å². The number of ether oxygens (including phenoxy) is 3. The molecule has 1 heterocycles. The number of nitrogens with zero attached hydrogens (tertiary/aromatic N) is 1. The molecule has 1 unspecified atom stereocenters. The van der Waals surface area contributed by atoms with Gasteiger partial charge in [0.1, 0.15) is 23.9 Å². The lowest BCUT2D eigenvalue weighted by atomic mass is 10.1. The molecule has 0 spiro atoms. The summed E-state index contributed by atoms with van der Waals surface area (Å²) in [6.07, 6.45) is -0.635. The average molecular weight is 447 g/mol. The van der Waals surface area contributed by atoms with Crippen LogP contribution in [-0.4, -0.2) is 37.7 Å². The van der Waals surface area contributed by atoms with E-state index >= 15 is 0 Å². The zero-order valence-corrected chi connectivity index (χ0v) is 18.6. The summed E-state index contributed by atoms with van der Waals surface area (Å²) in [5, 5.41) is 2.80. The number of carbonyl (C=O) groups excluding carboxylic acids is 2. The van der Waals surface area contributed by atoms with Crippen LogP contribution < -0.4 is 24.4 Å². The summed E-state index contributed by atoms with van der Waals surface area (Å²) in [6, 6.07) is 22.1. The molecule has 7 heteroatoms. The predicted molar refractivity (Wildman–Crippen MR) is 126 cm³/mol. The highest BCUT2D eigenvalue weighted by Crippen LogP contribution is 2.36. The maximum Gasteiger partial charge on any atom is 0.267 e. The zero-order valence-electron chi connectivity index (χ0n) is 18.6. The molecule has 170 valence electrons. The Labute approximate surface area is 192 Å². The molecule has 1 N–H and O–H groups in total. The van der Waals surface area contributed by atoms with Gasteiger partial charge in [0.2, 0.25) is 0 Å². The van der Waals surface area contributed by atoms with E-state index in [1.165, 1.54) is 0 Å². The second kappa shape index (κ2) is 10.1. The van der Waals surface area contributed by atoms with Crippen molar-refractivity contribution in [3.8, 4) is 17.2 Å². The van der Waals surface area contributed by atoms with Crippen molar-refractivity contribution in [3.63, 3.8) is 0 Å². The number of amides is 2. The van der Waals surface area contributed by atoms with Gasteiger partial charge >= 0.3 is 0 Å². The third-order valence-electron chi connectivity index (χ3n) is 5.14. The van der Waals surface area contributed by atoms with E-state index < -0.39 is 6.10 Å². The molecule has 0 bridgehead atoms. The van der Waals surface area contributed by atoms with Gasteiger partial charge in [-0.3, -0.25) is 9.59 Å². The van der Waals surface area contributed by atoms with Gasteiger partial charge in [0, 0.05) is 11.8 Å². The van der Waals surface area contributed by atoms with E-state index in [2.05, 4.69) is 5.32 Å². The van der Waals surface area contributed by atoms with Gasteiger partial charge in [0.15, 0.2) is 12.7 Å². The summed E-state index contributed by atoms with van der Waals surface area (Å²) in [4.78, 5) is 26.7. The second-order valence-corrected chi connectivity index (χ2v) is 7.75. The quantitative estimate of drug-likeness (QED) is 0.561. The second-order valence-electron chi connectivity index (χ2n) is 7.75. The van der Waals surface area contributed by atoms with Crippen LogP contribution in [0.5, 0.6) is 17.2 Å². The Morgan fingerprint density at radius 2 is 1.79 bits per heavy atom. The Bertz CT molecular complexity index is 1130. The lowest BCUT2D eigenvalue weighted by molar-refractivity contribution is -0.125. The van der Waals surface area contributed by atoms with Crippen molar-refractivity contribution in [2.75, 3.05) is 30.0 Å². The maximum atomic E-state index is 12.7. The number of carbonyl (C=O) groups is 2. The predicted octanol–water partition coefficient (Wildman–Crippen LogP) is 4.21. The van der Waals surface area contributed by atoms with Gasteiger partial charge in [-0.1, -0.05) is 30.3 Å². The molecule has 1 atom stereocenters. The van der Waals surface area contributed by atoms with Gasteiger partial charge in [0.05, 0.1) is 12.2 Å². The minimum absolute atomic E-state index is 0.112. The largest absolute Gasteiger partial charge is 0.492 e. The summed E-state index contributed by atoms with van der Waals surface area (Å²) >= 11 is 0. The van der Waals surface area contributed by atoms with Crippen molar-refractivity contribution < 1.29 is 23.8 Å². The average Bonchev–Trinajstić information content (AvgIpc) is 2.81. The van der Waals surface area contributed by atoms with Crippen LogP contribution in [0.25, 0.3) is 0 Å². The molecule has 0 saturated heterocycles. The van der Waals surface area contributed by atoms with Crippen LogP contribution in [0.1, 0.15) is 12.5 Å². The number of hydrogen-bond donors (Lipinski definition) is 1. The summed E-state index contributed by atoms with van der Waals surface area (Å²) in [5.74, 6) is 1.49. The summed E-state index contributed by atoms with van der Waals surface area (Å²) in [7, 11) is 0. The fourth-order valence-corrected chi connectivity index (χ4v) is 3.54. The molecular formula is C26H26N2O5. The van der Waals surface area contributed by atoms with Crippen molar-refractivity contribution in [1.29, 1.82) is 0 Å². The van der Waals surface area contributed by atoms with Gasteiger partial charge in [-0.05, 0) is 55.8 Å². The number of para-hydroxylation sites is 1. The van der Waals surface area contributed by atoms with E-state index in [0.29, 0.717) is 36.0 Å². The molecule has 0 radical (unpaired) electrons. The van der Waals surface area contributed by atoms with Crippen molar-refractivity contribution in [3.05, 3.63) is 78.4 Å². The van der Waals surface area contributed by atoms with Gasteiger partial charge in [-0.2, -0.15) is 0 Å². The van der Waals surface area contributed by atoms with E-state index in [9.17, 15) is 9.59 Å².